The summed E-state index contributed by atoms with van der Waals surface area (Å²) in [7, 11) is 0. The van der Waals surface area contributed by atoms with Crippen molar-refractivity contribution in [3.8, 4) is 11.5 Å². The molecule has 0 N–H and O–H groups in total. The Kier molecular flexibility index (Phi) is 3.76. The van der Waals surface area contributed by atoms with Crippen molar-refractivity contribution < 1.29 is 0 Å². The lowest BCUT2D eigenvalue weighted by Gasteiger charge is -2.09. The number of aromatic nitrogens is 3. The molecule has 156 valence electrons. The van der Waals surface area contributed by atoms with Crippen molar-refractivity contribution in [2.75, 3.05) is 0 Å². The van der Waals surface area contributed by atoms with Crippen molar-refractivity contribution in [1.29, 1.82) is 0 Å². The molecule has 3 nitrogen and oxygen atoms in total. The molecule has 0 amide bonds. The summed E-state index contributed by atoms with van der Waals surface area (Å²) >= 11 is 0. The highest BCUT2D eigenvalue weighted by Crippen LogP contribution is 2.41. The van der Waals surface area contributed by atoms with Gasteiger partial charge in [0.2, 0.25) is 0 Å². The summed E-state index contributed by atoms with van der Waals surface area (Å²) in [5.41, 5.74) is 7.22. The van der Waals surface area contributed by atoms with Crippen LogP contribution in [0.3, 0.4) is 0 Å². The molecule has 0 unspecified atom stereocenters. The van der Waals surface area contributed by atoms with Crippen molar-refractivity contribution in [2.24, 2.45) is 0 Å². The molecule has 7 aromatic rings. The third-order valence-corrected chi connectivity index (χ3v) is 6.61. The van der Waals surface area contributed by atoms with Crippen molar-refractivity contribution >= 4 is 43.6 Å². The number of benzene rings is 4. The Morgan fingerprint density at radius 2 is 1.36 bits per heavy atom. The van der Waals surface area contributed by atoms with Crippen LogP contribution in [0.15, 0.2) is 109 Å². The fraction of sp³-hybridized carbons (Fsp3) is 0.0333. The van der Waals surface area contributed by atoms with Gasteiger partial charge in [-0.3, -0.25) is 4.57 Å². The molecule has 3 heterocycles. The predicted molar refractivity (Wildman–Crippen MR) is 138 cm³/mol. The minimum atomic E-state index is 0.935. The fourth-order valence-corrected chi connectivity index (χ4v) is 5.24. The summed E-state index contributed by atoms with van der Waals surface area (Å²) in [5, 5.41) is 5.03. The molecule has 0 saturated heterocycles. The highest BCUT2D eigenvalue weighted by atomic mass is 15.1. The zero-order valence-electron chi connectivity index (χ0n) is 18.2. The zero-order chi connectivity index (χ0) is 21.9. The third kappa shape index (κ3) is 2.53. The second kappa shape index (κ2) is 6.81. The molecule has 0 fully saturated rings. The Hall–Kier alpha value is -4.37. The van der Waals surface area contributed by atoms with Gasteiger partial charge in [-0.05, 0) is 55.0 Å². The van der Waals surface area contributed by atoms with E-state index in [4.69, 9.17) is 4.98 Å². The second-order valence-electron chi connectivity index (χ2n) is 8.59. The van der Waals surface area contributed by atoms with E-state index >= 15 is 0 Å². The molecule has 3 aromatic heterocycles. The topological polar surface area (TPSA) is 22.8 Å². The molecule has 33 heavy (non-hydrogen) atoms. The van der Waals surface area contributed by atoms with Crippen LogP contribution in [0.25, 0.3) is 55.1 Å². The zero-order valence-corrected chi connectivity index (χ0v) is 18.2. The number of hydrogen-bond donors (Lipinski definition) is 0. The van der Waals surface area contributed by atoms with E-state index in [9.17, 15) is 0 Å². The van der Waals surface area contributed by atoms with Crippen molar-refractivity contribution in [2.45, 2.75) is 6.92 Å². The Bertz CT molecular complexity index is 1810. The lowest BCUT2D eigenvalue weighted by atomic mass is 10.1. The van der Waals surface area contributed by atoms with E-state index in [1.807, 2.05) is 12.3 Å². The Balaban J connectivity index is 1.78. The maximum atomic E-state index is 4.71. The van der Waals surface area contributed by atoms with E-state index in [-0.39, 0.29) is 0 Å². The largest absolute Gasteiger partial charge is 0.309 e. The van der Waals surface area contributed by atoms with E-state index in [1.54, 1.807) is 0 Å². The molecule has 0 aliphatic rings. The number of hydrogen-bond acceptors (Lipinski definition) is 1. The summed E-state index contributed by atoms with van der Waals surface area (Å²) in [4.78, 5) is 4.71. The van der Waals surface area contributed by atoms with Gasteiger partial charge in [0, 0.05) is 33.4 Å². The van der Waals surface area contributed by atoms with Crippen LogP contribution < -0.4 is 0 Å². The number of pyridine rings is 1. The number of fused-ring (bicyclic) bond motifs is 7. The van der Waals surface area contributed by atoms with Crippen LogP contribution in [0, 0.1) is 6.92 Å². The maximum Gasteiger partial charge on any atom is 0.137 e. The van der Waals surface area contributed by atoms with Crippen molar-refractivity contribution in [3.63, 3.8) is 0 Å². The number of rotatable bonds is 2. The van der Waals surface area contributed by atoms with E-state index in [1.165, 1.54) is 54.9 Å². The monoisotopic (exact) mass is 423 g/mol. The summed E-state index contributed by atoms with van der Waals surface area (Å²) < 4.78 is 4.71. The molecule has 0 saturated carbocycles. The lowest BCUT2D eigenvalue weighted by molar-refractivity contribution is 1.08. The molecular formula is C30H21N3. The van der Waals surface area contributed by atoms with E-state index in [0.29, 0.717) is 0 Å². The maximum absolute atomic E-state index is 4.71. The van der Waals surface area contributed by atoms with Crippen LogP contribution in [0.5, 0.6) is 0 Å². The van der Waals surface area contributed by atoms with E-state index in [2.05, 4.69) is 113 Å². The molecule has 0 aliphatic heterocycles. The average molecular weight is 424 g/mol. The lowest BCUT2D eigenvalue weighted by Crippen LogP contribution is -1.97. The van der Waals surface area contributed by atoms with E-state index < -0.39 is 0 Å². The summed E-state index contributed by atoms with van der Waals surface area (Å²) in [5.74, 6) is 0.935. The van der Waals surface area contributed by atoms with Crippen LogP contribution >= 0.6 is 0 Å². The van der Waals surface area contributed by atoms with Gasteiger partial charge in [0.15, 0.2) is 0 Å². The van der Waals surface area contributed by atoms with Crippen LogP contribution in [0.1, 0.15) is 5.56 Å². The summed E-state index contributed by atoms with van der Waals surface area (Å²) in [6.45, 7) is 2.15. The van der Waals surface area contributed by atoms with Gasteiger partial charge in [0.25, 0.3) is 0 Å². The van der Waals surface area contributed by atoms with Gasteiger partial charge in [0.1, 0.15) is 5.82 Å². The first kappa shape index (κ1) is 18.2. The van der Waals surface area contributed by atoms with Crippen LogP contribution in [0.4, 0.5) is 0 Å². The van der Waals surface area contributed by atoms with Crippen LogP contribution in [-0.2, 0) is 0 Å². The number of para-hydroxylation sites is 2. The molecule has 0 atom stereocenters. The highest BCUT2D eigenvalue weighted by molar-refractivity contribution is 6.26. The molecule has 0 spiro atoms. The first-order valence-corrected chi connectivity index (χ1v) is 11.2. The Labute approximate surface area is 191 Å². The predicted octanol–water partition coefficient (Wildman–Crippen LogP) is 7.58. The Morgan fingerprint density at radius 1 is 0.576 bits per heavy atom. The highest BCUT2D eigenvalue weighted by Gasteiger charge is 2.20. The van der Waals surface area contributed by atoms with Gasteiger partial charge in [-0.2, -0.15) is 0 Å². The van der Waals surface area contributed by atoms with Crippen LogP contribution in [-0.4, -0.2) is 14.1 Å². The van der Waals surface area contributed by atoms with Gasteiger partial charge >= 0.3 is 0 Å². The average Bonchev–Trinajstić information content (AvgIpc) is 3.37. The number of nitrogens with zero attached hydrogens (tertiary/aromatic N) is 3. The molecule has 3 heteroatoms. The van der Waals surface area contributed by atoms with Gasteiger partial charge in [-0.15, -0.1) is 0 Å². The molecule has 0 aliphatic carbocycles. The molecule has 0 bridgehead atoms. The van der Waals surface area contributed by atoms with Crippen molar-refractivity contribution in [1.82, 2.24) is 14.1 Å². The van der Waals surface area contributed by atoms with E-state index in [0.717, 1.165) is 5.82 Å². The SMILES string of the molecule is Cc1ccc2c3c(ccc4c5ccccc5n(-c5ccccc5)c43)n(-c3ccccn3)c2c1. The first-order valence-electron chi connectivity index (χ1n) is 11.2. The van der Waals surface area contributed by atoms with Crippen molar-refractivity contribution in [3.05, 3.63) is 115 Å². The van der Waals surface area contributed by atoms with Gasteiger partial charge in [-0.25, -0.2) is 4.98 Å². The molecular weight excluding hydrogens is 402 g/mol. The summed E-state index contributed by atoms with van der Waals surface area (Å²) in [6, 6.07) is 36.7. The van der Waals surface area contributed by atoms with Crippen LogP contribution in [0.2, 0.25) is 0 Å². The first-order chi connectivity index (χ1) is 16.3. The normalized spacial score (nSPS) is 11.8. The smallest absolute Gasteiger partial charge is 0.137 e. The molecule has 7 rings (SSSR count). The van der Waals surface area contributed by atoms with Gasteiger partial charge in [-0.1, -0.05) is 60.7 Å². The van der Waals surface area contributed by atoms with Gasteiger partial charge < -0.3 is 4.57 Å². The number of aryl methyl sites for hydroxylation is 1. The minimum absolute atomic E-state index is 0.935. The molecule has 0 radical (unpaired) electrons. The second-order valence-corrected chi connectivity index (χ2v) is 8.59. The minimum Gasteiger partial charge on any atom is -0.309 e. The summed E-state index contributed by atoms with van der Waals surface area (Å²) in [6.07, 6.45) is 1.86. The molecule has 4 aromatic carbocycles. The Morgan fingerprint density at radius 3 is 2.21 bits per heavy atom. The fourth-order valence-electron chi connectivity index (χ4n) is 5.24. The third-order valence-electron chi connectivity index (χ3n) is 6.61. The van der Waals surface area contributed by atoms with Gasteiger partial charge in [0.05, 0.1) is 22.1 Å². The standard InChI is InChI=1S/C30H21N3/c1-20-14-15-24-27(19-20)33(28-13-7-8-18-31-28)26-17-16-23-22-11-5-6-12-25(22)32(30(23)29(24)26)21-9-3-2-4-10-21/h2-19H,1H3. The quantitative estimate of drug-likeness (QED) is 0.281.